The van der Waals surface area contributed by atoms with Gasteiger partial charge in [-0.05, 0) is 50.9 Å². The first kappa shape index (κ1) is 14.8. The maximum Gasteiger partial charge on any atom is 0.153 e. The van der Waals surface area contributed by atoms with Crippen LogP contribution in [0.2, 0.25) is 0 Å². The molecule has 0 aliphatic heterocycles. The molecule has 0 amide bonds. The standard InChI is InChI=1S/C14H23NO3S/c1-11-5-8-13(10-15,9-6-11)14(16)7-3-4-12(14)19(2,17)18/h11-12,16H,3-9H2,1-2H3. The summed E-state index contributed by atoms with van der Waals surface area (Å²) in [7, 11) is -3.32. The Morgan fingerprint density at radius 3 is 2.26 bits per heavy atom. The van der Waals surface area contributed by atoms with Crippen molar-refractivity contribution in [3.8, 4) is 6.07 Å². The van der Waals surface area contributed by atoms with Crippen molar-refractivity contribution in [1.29, 1.82) is 5.26 Å². The largest absolute Gasteiger partial charge is 0.387 e. The topological polar surface area (TPSA) is 78.2 Å². The van der Waals surface area contributed by atoms with E-state index < -0.39 is 26.1 Å². The van der Waals surface area contributed by atoms with Crippen LogP contribution in [0.25, 0.3) is 0 Å². The number of hydrogen-bond acceptors (Lipinski definition) is 4. The molecule has 108 valence electrons. The zero-order valence-electron chi connectivity index (χ0n) is 11.7. The lowest BCUT2D eigenvalue weighted by atomic mass is 9.61. The van der Waals surface area contributed by atoms with Gasteiger partial charge in [0.25, 0.3) is 0 Å². The summed E-state index contributed by atoms with van der Waals surface area (Å²) in [5, 5.41) is 19.9. The monoisotopic (exact) mass is 285 g/mol. The van der Waals surface area contributed by atoms with Crippen LogP contribution in [0.4, 0.5) is 0 Å². The van der Waals surface area contributed by atoms with Gasteiger partial charge in [0.15, 0.2) is 9.84 Å². The Morgan fingerprint density at radius 1 is 1.21 bits per heavy atom. The summed E-state index contributed by atoms with van der Waals surface area (Å²) in [4.78, 5) is 0. The molecular formula is C14H23NO3S. The average molecular weight is 285 g/mol. The summed E-state index contributed by atoms with van der Waals surface area (Å²) < 4.78 is 23.9. The minimum absolute atomic E-state index is 0.437. The van der Waals surface area contributed by atoms with E-state index in [0.717, 1.165) is 12.8 Å². The summed E-state index contributed by atoms with van der Waals surface area (Å²) in [5.74, 6) is 0.558. The molecule has 2 aliphatic carbocycles. The normalized spacial score (nSPS) is 43.9. The summed E-state index contributed by atoms with van der Waals surface area (Å²) in [6, 6.07) is 2.31. The molecule has 2 fully saturated rings. The molecular weight excluding hydrogens is 262 g/mol. The van der Waals surface area contributed by atoms with Crippen molar-refractivity contribution in [3.63, 3.8) is 0 Å². The molecule has 2 rings (SSSR count). The average Bonchev–Trinajstić information content (AvgIpc) is 2.74. The second kappa shape index (κ2) is 4.75. The minimum atomic E-state index is -3.32. The lowest BCUT2D eigenvalue weighted by Crippen LogP contribution is -2.56. The van der Waals surface area contributed by atoms with Crippen LogP contribution in [-0.4, -0.2) is 30.6 Å². The lowest BCUT2D eigenvalue weighted by Gasteiger charge is -2.46. The molecule has 2 atom stereocenters. The van der Waals surface area contributed by atoms with E-state index in [-0.39, 0.29) is 0 Å². The molecule has 0 aromatic heterocycles. The highest BCUT2D eigenvalue weighted by atomic mass is 32.2. The molecule has 2 unspecified atom stereocenters. The molecule has 19 heavy (non-hydrogen) atoms. The molecule has 2 aliphatic rings. The molecule has 5 heteroatoms. The fourth-order valence-corrected chi connectivity index (χ4v) is 5.62. The van der Waals surface area contributed by atoms with Crippen molar-refractivity contribution < 1.29 is 13.5 Å². The summed E-state index contributed by atoms with van der Waals surface area (Å²) in [6.07, 6.45) is 5.82. The molecule has 0 saturated heterocycles. The van der Waals surface area contributed by atoms with Crippen molar-refractivity contribution in [2.24, 2.45) is 11.3 Å². The number of nitriles is 1. The molecule has 0 bridgehead atoms. The zero-order valence-corrected chi connectivity index (χ0v) is 12.5. The van der Waals surface area contributed by atoms with Crippen LogP contribution in [0, 0.1) is 22.7 Å². The van der Waals surface area contributed by atoms with E-state index >= 15 is 0 Å². The number of sulfone groups is 1. The van der Waals surface area contributed by atoms with E-state index in [1.807, 2.05) is 0 Å². The van der Waals surface area contributed by atoms with E-state index in [1.54, 1.807) is 0 Å². The van der Waals surface area contributed by atoms with Crippen LogP contribution in [-0.2, 0) is 9.84 Å². The quantitative estimate of drug-likeness (QED) is 0.842. The van der Waals surface area contributed by atoms with Crippen LogP contribution in [0.5, 0.6) is 0 Å². The predicted molar refractivity (Wildman–Crippen MR) is 73.1 cm³/mol. The van der Waals surface area contributed by atoms with Crippen LogP contribution in [0.1, 0.15) is 51.9 Å². The van der Waals surface area contributed by atoms with Crippen molar-refractivity contribution in [1.82, 2.24) is 0 Å². The maximum atomic E-state index is 11.9. The molecule has 1 N–H and O–H groups in total. The molecule has 0 radical (unpaired) electrons. The van der Waals surface area contributed by atoms with Crippen molar-refractivity contribution in [2.45, 2.75) is 62.7 Å². The fourth-order valence-electron chi connectivity index (χ4n) is 3.97. The first-order valence-corrected chi connectivity index (χ1v) is 9.03. The second-order valence-electron chi connectivity index (χ2n) is 6.51. The minimum Gasteiger partial charge on any atom is -0.387 e. The molecule has 0 aromatic rings. The van der Waals surface area contributed by atoms with Gasteiger partial charge in [-0.3, -0.25) is 0 Å². The van der Waals surface area contributed by atoms with Crippen molar-refractivity contribution in [2.75, 3.05) is 6.26 Å². The third-order valence-electron chi connectivity index (χ3n) is 5.24. The first-order valence-electron chi connectivity index (χ1n) is 7.08. The van der Waals surface area contributed by atoms with E-state index in [9.17, 15) is 18.8 Å². The van der Waals surface area contributed by atoms with Gasteiger partial charge in [-0.15, -0.1) is 0 Å². The highest BCUT2D eigenvalue weighted by molar-refractivity contribution is 7.91. The van der Waals surface area contributed by atoms with Gasteiger partial charge in [0, 0.05) is 6.26 Å². The van der Waals surface area contributed by atoms with E-state index in [4.69, 9.17) is 0 Å². The Labute approximate surface area is 115 Å². The molecule has 2 saturated carbocycles. The summed E-state index contributed by atoms with van der Waals surface area (Å²) in [5.41, 5.74) is -2.22. The van der Waals surface area contributed by atoms with Gasteiger partial charge in [-0.2, -0.15) is 5.26 Å². The van der Waals surface area contributed by atoms with Crippen LogP contribution >= 0.6 is 0 Å². The van der Waals surface area contributed by atoms with E-state index in [0.29, 0.717) is 38.0 Å². The van der Waals surface area contributed by atoms with Gasteiger partial charge in [0.2, 0.25) is 0 Å². The Hall–Kier alpha value is -0.600. The van der Waals surface area contributed by atoms with Crippen LogP contribution in [0.3, 0.4) is 0 Å². The number of nitrogens with zero attached hydrogens (tertiary/aromatic N) is 1. The Balaban J connectivity index is 2.39. The van der Waals surface area contributed by atoms with Gasteiger partial charge in [-0.1, -0.05) is 6.92 Å². The smallest absolute Gasteiger partial charge is 0.153 e. The highest BCUT2D eigenvalue weighted by Crippen LogP contribution is 2.54. The number of aliphatic hydroxyl groups is 1. The van der Waals surface area contributed by atoms with Crippen LogP contribution in [0.15, 0.2) is 0 Å². The third kappa shape index (κ3) is 2.30. The van der Waals surface area contributed by atoms with Gasteiger partial charge in [-0.25, -0.2) is 8.42 Å². The number of hydrogen-bond donors (Lipinski definition) is 1. The first-order chi connectivity index (χ1) is 8.75. The lowest BCUT2D eigenvalue weighted by molar-refractivity contribution is -0.0689. The van der Waals surface area contributed by atoms with Crippen molar-refractivity contribution >= 4 is 9.84 Å². The molecule has 0 aromatic carbocycles. The van der Waals surface area contributed by atoms with Gasteiger partial charge in [0.05, 0.1) is 22.3 Å². The summed E-state index contributed by atoms with van der Waals surface area (Å²) in [6.45, 7) is 2.15. The fraction of sp³-hybridized carbons (Fsp3) is 0.929. The van der Waals surface area contributed by atoms with Gasteiger partial charge < -0.3 is 5.11 Å². The Morgan fingerprint density at radius 2 is 1.79 bits per heavy atom. The Kier molecular flexibility index (Phi) is 3.70. The molecule has 0 heterocycles. The Bertz CT molecular complexity index is 485. The highest BCUT2D eigenvalue weighted by Gasteiger charge is 2.60. The van der Waals surface area contributed by atoms with E-state index in [2.05, 4.69) is 13.0 Å². The van der Waals surface area contributed by atoms with E-state index in [1.165, 1.54) is 6.26 Å². The zero-order chi connectivity index (χ0) is 14.3. The summed E-state index contributed by atoms with van der Waals surface area (Å²) >= 11 is 0. The second-order valence-corrected chi connectivity index (χ2v) is 8.74. The maximum absolute atomic E-state index is 11.9. The van der Waals surface area contributed by atoms with Gasteiger partial charge in [0.1, 0.15) is 0 Å². The van der Waals surface area contributed by atoms with Crippen LogP contribution < -0.4 is 0 Å². The van der Waals surface area contributed by atoms with Crippen molar-refractivity contribution in [3.05, 3.63) is 0 Å². The molecule has 0 spiro atoms. The SMILES string of the molecule is CC1CCC(C#N)(C2(O)CCCC2S(C)(=O)=O)CC1. The third-order valence-corrected chi connectivity index (χ3v) is 6.90. The van der Waals surface area contributed by atoms with Gasteiger partial charge >= 0.3 is 0 Å². The number of rotatable bonds is 2. The molecule has 4 nitrogen and oxygen atoms in total. The predicted octanol–water partition coefficient (Wildman–Crippen LogP) is 2.03.